The molecule has 4 heteroatoms. The van der Waals surface area contributed by atoms with E-state index in [-0.39, 0.29) is 23.0 Å². The number of halogens is 3. The largest absolute Gasteiger partial charge is 0.368 e. The quantitative estimate of drug-likeness (QED) is 0.357. The minimum atomic E-state index is -0.908. The van der Waals surface area contributed by atoms with E-state index in [9.17, 15) is 13.2 Å². The molecule has 1 atom stereocenters. The molecule has 0 amide bonds. The molecule has 0 aliphatic carbocycles. The van der Waals surface area contributed by atoms with E-state index in [4.69, 9.17) is 4.74 Å². The van der Waals surface area contributed by atoms with Crippen LogP contribution in [0.1, 0.15) is 28.4 Å². The molecule has 3 aromatic carbocycles. The minimum absolute atomic E-state index is 0.118. The molecule has 0 spiro atoms. The second-order valence-corrected chi connectivity index (χ2v) is 6.59. The van der Waals surface area contributed by atoms with Crippen LogP contribution < -0.4 is 0 Å². The lowest BCUT2D eigenvalue weighted by molar-refractivity contribution is 0.408. The van der Waals surface area contributed by atoms with Gasteiger partial charge in [0.1, 0.15) is 11.9 Å². The van der Waals surface area contributed by atoms with Crippen LogP contribution in [0, 0.1) is 17.5 Å². The number of hydrogen-bond acceptors (Lipinski definition) is 1. The smallest absolute Gasteiger partial charge is 0.166 e. The van der Waals surface area contributed by atoms with E-state index in [1.807, 2.05) is 30.3 Å². The maximum Gasteiger partial charge on any atom is 0.166 e. The summed E-state index contributed by atoms with van der Waals surface area (Å²) in [6.07, 6.45) is 4.37. The molecular weight excluding hydrogens is 361 g/mol. The Morgan fingerprint density at radius 3 is 2.11 bits per heavy atom. The summed E-state index contributed by atoms with van der Waals surface area (Å²) in [6, 6.07) is 15.5. The van der Waals surface area contributed by atoms with Gasteiger partial charge in [0.25, 0.3) is 0 Å². The standard InChI is InChI=1S/C24H17F3O/c1-2-16-9-10-18(24(27)23(16)26)8-5-15-3-6-17(7-4-15)19-11-12-20(21(25)13-19)22-14-28-22/h2-13,22H,1,14H2/b8-5+. The maximum atomic E-state index is 14.2. The molecule has 1 saturated heterocycles. The first-order valence-corrected chi connectivity index (χ1v) is 8.87. The SMILES string of the molecule is C=Cc1ccc(/C=C/c2ccc(-c3ccc(C4CO4)c(F)c3)cc2)c(F)c1F. The molecule has 1 heterocycles. The van der Waals surface area contributed by atoms with Crippen molar-refractivity contribution < 1.29 is 17.9 Å². The van der Waals surface area contributed by atoms with Gasteiger partial charge in [-0.3, -0.25) is 0 Å². The predicted molar refractivity (Wildman–Crippen MR) is 106 cm³/mol. The zero-order valence-electron chi connectivity index (χ0n) is 15.0. The minimum Gasteiger partial charge on any atom is -0.368 e. The van der Waals surface area contributed by atoms with Crippen LogP contribution in [-0.2, 0) is 4.74 Å². The van der Waals surface area contributed by atoms with Gasteiger partial charge in [-0.05, 0) is 22.8 Å². The molecule has 1 nitrogen and oxygen atoms in total. The second-order valence-electron chi connectivity index (χ2n) is 6.59. The van der Waals surface area contributed by atoms with Crippen molar-refractivity contribution in [3.8, 4) is 11.1 Å². The fraction of sp³-hybridized carbons (Fsp3) is 0.0833. The maximum absolute atomic E-state index is 14.2. The monoisotopic (exact) mass is 378 g/mol. The summed E-state index contributed by atoms with van der Waals surface area (Å²) < 4.78 is 47.2. The molecule has 0 radical (unpaired) electrons. The number of ether oxygens (including phenoxy) is 1. The van der Waals surface area contributed by atoms with Crippen molar-refractivity contribution in [2.24, 2.45) is 0 Å². The first-order chi connectivity index (χ1) is 13.6. The van der Waals surface area contributed by atoms with Crippen molar-refractivity contribution in [1.29, 1.82) is 0 Å². The van der Waals surface area contributed by atoms with Crippen molar-refractivity contribution in [2.75, 3.05) is 6.61 Å². The molecule has 0 bridgehead atoms. The lowest BCUT2D eigenvalue weighted by Crippen LogP contribution is -1.92. The highest BCUT2D eigenvalue weighted by molar-refractivity contribution is 5.73. The summed E-state index contributed by atoms with van der Waals surface area (Å²) >= 11 is 0. The highest BCUT2D eigenvalue weighted by Gasteiger charge is 2.27. The first kappa shape index (κ1) is 18.3. The Hall–Kier alpha value is -3.11. The van der Waals surface area contributed by atoms with Crippen LogP contribution in [0.25, 0.3) is 29.4 Å². The van der Waals surface area contributed by atoms with E-state index in [0.717, 1.165) is 16.7 Å². The Morgan fingerprint density at radius 1 is 0.821 bits per heavy atom. The molecule has 3 aromatic rings. The summed E-state index contributed by atoms with van der Waals surface area (Å²) in [5.41, 5.74) is 3.33. The first-order valence-electron chi connectivity index (χ1n) is 8.87. The van der Waals surface area contributed by atoms with Crippen molar-refractivity contribution >= 4 is 18.2 Å². The van der Waals surface area contributed by atoms with Gasteiger partial charge >= 0.3 is 0 Å². The molecule has 0 saturated carbocycles. The van der Waals surface area contributed by atoms with E-state index in [1.165, 1.54) is 30.4 Å². The third kappa shape index (κ3) is 3.64. The number of hydrogen-bond donors (Lipinski definition) is 0. The van der Waals surface area contributed by atoms with Crippen molar-refractivity contribution in [3.05, 3.63) is 101 Å². The molecule has 1 unspecified atom stereocenters. The average molecular weight is 378 g/mol. The van der Waals surface area contributed by atoms with Crippen LogP contribution in [0.5, 0.6) is 0 Å². The second kappa shape index (κ2) is 7.49. The van der Waals surface area contributed by atoms with Gasteiger partial charge in [0.05, 0.1) is 6.61 Å². The fourth-order valence-corrected chi connectivity index (χ4v) is 3.03. The Bertz CT molecular complexity index is 1060. The Kier molecular flexibility index (Phi) is 4.88. The molecule has 1 aliphatic rings. The predicted octanol–water partition coefficient (Wildman–Crippen LogP) is 6.66. The van der Waals surface area contributed by atoms with Crippen LogP contribution >= 0.6 is 0 Å². The molecule has 28 heavy (non-hydrogen) atoms. The fourth-order valence-electron chi connectivity index (χ4n) is 3.03. The van der Waals surface area contributed by atoms with Gasteiger partial charge in [0, 0.05) is 16.7 Å². The van der Waals surface area contributed by atoms with E-state index in [1.54, 1.807) is 12.1 Å². The molecule has 140 valence electrons. The van der Waals surface area contributed by atoms with E-state index < -0.39 is 11.6 Å². The van der Waals surface area contributed by atoms with Gasteiger partial charge in [-0.2, -0.15) is 0 Å². The third-order valence-electron chi connectivity index (χ3n) is 4.74. The molecule has 1 aliphatic heterocycles. The normalized spacial score (nSPS) is 15.8. The Labute approximate surface area is 161 Å². The summed E-state index contributed by atoms with van der Waals surface area (Å²) in [5, 5.41) is 0. The molecule has 1 fully saturated rings. The average Bonchev–Trinajstić information content (AvgIpc) is 3.55. The molecule has 0 aromatic heterocycles. The summed E-state index contributed by atoms with van der Waals surface area (Å²) in [6.45, 7) is 4.02. The van der Waals surface area contributed by atoms with Crippen LogP contribution in [0.4, 0.5) is 13.2 Å². The molecule has 4 rings (SSSR count). The van der Waals surface area contributed by atoms with E-state index in [2.05, 4.69) is 6.58 Å². The van der Waals surface area contributed by atoms with E-state index in [0.29, 0.717) is 12.2 Å². The lowest BCUT2D eigenvalue weighted by Gasteiger charge is -2.06. The molecular formula is C24H17F3O. The van der Waals surface area contributed by atoms with Crippen molar-refractivity contribution in [2.45, 2.75) is 6.10 Å². The van der Waals surface area contributed by atoms with Crippen LogP contribution in [0.15, 0.2) is 61.2 Å². The van der Waals surface area contributed by atoms with Crippen LogP contribution in [0.3, 0.4) is 0 Å². The van der Waals surface area contributed by atoms with Crippen molar-refractivity contribution in [1.82, 2.24) is 0 Å². The number of rotatable bonds is 5. The van der Waals surface area contributed by atoms with Gasteiger partial charge in [-0.15, -0.1) is 0 Å². The molecule has 0 N–H and O–H groups in total. The highest BCUT2D eigenvalue weighted by atomic mass is 19.2. The van der Waals surface area contributed by atoms with Crippen LogP contribution in [-0.4, -0.2) is 6.61 Å². The van der Waals surface area contributed by atoms with Gasteiger partial charge in [-0.25, -0.2) is 13.2 Å². The Morgan fingerprint density at radius 2 is 1.46 bits per heavy atom. The van der Waals surface area contributed by atoms with Gasteiger partial charge < -0.3 is 4.74 Å². The van der Waals surface area contributed by atoms with Gasteiger partial charge in [-0.1, -0.05) is 73.3 Å². The number of epoxide rings is 1. The number of benzene rings is 3. The van der Waals surface area contributed by atoms with Gasteiger partial charge in [0.2, 0.25) is 0 Å². The summed E-state index contributed by atoms with van der Waals surface area (Å²) in [4.78, 5) is 0. The zero-order chi connectivity index (χ0) is 19.7. The Balaban J connectivity index is 1.54. The van der Waals surface area contributed by atoms with E-state index >= 15 is 0 Å². The van der Waals surface area contributed by atoms with Gasteiger partial charge in [0.15, 0.2) is 11.6 Å². The zero-order valence-corrected chi connectivity index (χ0v) is 15.0. The summed E-state index contributed by atoms with van der Waals surface area (Å²) in [7, 11) is 0. The topological polar surface area (TPSA) is 12.5 Å². The lowest BCUT2D eigenvalue weighted by atomic mass is 10.0. The third-order valence-corrected chi connectivity index (χ3v) is 4.74. The highest BCUT2D eigenvalue weighted by Crippen LogP contribution is 2.33. The van der Waals surface area contributed by atoms with Crippen molar-refractivity contribution in [3.63, 3.8) is 0 Å². The van der Waals surface area contributed by atoms with Crippen LogP contribution in [0.2, 0.25) is 0 Å². The summed E-state index contributed by atoms with van der Waals surface area (Å²) in [5.74, 6) is -2.08.